The quantitative estimate of drug-likeness (QED) is 0.529. The molecule has 2 fully saturated rings. The van der Waals surface area contributed by atoms with Crippen LogP contribution in [0.2, 0.25) is 25.2 Å². The van der Waals surface area contributed by atoms with Gasteiger partial charge >= 0.3 is 0 Å². The molecule has 2 aliphatic heterocycles. The van der Waals surface area contributed by atoms with Gasteiger partial charge in [-0.05, 0) is 22.9 Å². The zero-order valence-electron chi connectivity index (χ0n) is 15.0. The Hall–Kier alpha value is 0.137. The molecule has 0 aliphatic carbocycles. The smallest absolute Gasteiger partial charge is 0.0858 e. The van der Waals surface area contributed by atoms with Gasteiger partial charge in [0.2, 0.25) is 0 Å². The number of rotatable bonds is 5. The van der Waals surface area contributed by atoms with Gasteiger partial charge in [0.1, 0.15) is 0 Å². The standard InChI is InChI=1S/C11H22O2Si.C6H14/c1-11(2,10-6-13-10)8-14(3,4)7-9-5-12-9;1-5-6(2,3)4/h9-10H,5-8H2,1-4H3;5H2,1-4H3. The molecule has 0 spiro atoms. The summed E-state index contributed by atoms with van der Waals surface area (Å²) < 4.78 is 10.8. The minimum Gasteiger partial charge on any atom is -0.373 e. The van der Waals surface area contributed by atoms with Crippen molar-refractivity contribution in [1.29, 1.82) is 0 Å². The molecule has 0 bridgehead atoms. The second-order valence-electron chi connectivity index (χ2n) is 9.23. The lowest BCUT2D eigenvalue weighted by atomic mass is 9.92. The van der Waals surface area contributed by atoms with Crippen LogP contribution >= 0.6 is 0 Å². The molecule has 2 saturated heterocycles. The van der Waals surface area contributed by atoms with Crippen LogP contribution < -0.4 is 0 Å². The second kappa shape index (κ2) is 6.49. The van der Waals surface area contributed by atoms with Crippen molar-refractivity contribution < 1.29 is 9.47 Å². The SMILES string of the molecule is CC(C)(C[Si](C)(C)CC1CO1)C1CO1.CCC(C)(C)C. The highest BCUT2D eigenvalue weighted by molar-refractivity contribution is 6.77. The van der Waals surface area contributed by atoms with Crippen LogP contribution in [0.3, 0.4) is 0 Å². The Morgan fingerprint density at radius 2 is 1.45 bits per heavy atom. The number of hydrogen-bond acceptors (Lipinski definition) is 2. The van der Waals surface area contributed by atoms with Gasteiger partial charge in [0, 0.05) is 0 Å². The first-order valence-electron chi connectivity index (χ1n) is 8.18. The maximum absolute atomic E-state index is 5.43. The summed E-state index contributed by atoms with van der Waals surface area (Å²) in [7, 11) is -1.07. The van der Waals surface area contributed by atoms with Gasteiger partial charge in [-0.15, -0.1) is 0 Å². The molecule has 0 radical (unpaired) electrons. The molecule has 2 nitrogen and oxygen atoms in total. The Morgan fingerprint density at radius 3 is 1.75 bits per heavy atom. The summed E-state index contributed by atoms with van der Waals surface area (Å²) in [6.45, 7) is 20.6. The van der Waals surface area contributed by atoms with Crippen LogP contribution in [0.4, 0.5) is 0 Å². The van der Waals surface area contributed by atoms with Gasteiger partial charge in [-0.3, -0.25) is 0 Å². The fourth-order valence-corrected chi connectivity index (χ4v) is 7.03. The van der Waals surface area contributed by atoms with Gasteiger partial charge in [0.25, 0.3) is 0 Å². The highest BCUT2D eigenvalue weighted by Crippen LogP contribution is 2.41. The zero-order valence-corrected chi connectivity index (χ0v) is 16.0. The third-order valence-electron chi connectivity index (χ3n) is 4.38. The molecule has 0 aromatic rings. The fraction of sp³-hybridized carbons (Fsp3) is 1.00. The highest BCUT2D eigenvalue weighted by atomic mass is 28.3. The largest absolute Gasteiger partial charge is 0.373 e. The third-order valence-corrected chi connectivity index (χ3v) is 7.81. The normalized spacial score (nSPS) is 25.8. The maximum atomic E-state index is 5.43. The molecule has 20 heavy (non-hydrogen) atoms. The Balaban J connectivity index is 0.000000286. The van der Waals surface area contributed by atoms with Crippen LogP contribution in [0, 0.1) is 10.8 Å². The van der Waals surface area contributed by atoms with E-state index in [1.807, 2.05) is 0 Å². The van der Waals surface area contributed by atoms with Crippen molar-refractivity contribution in [1.82, 2.24) is 0 Å². The van der Waals surface area contributed by atoms with Gasteiger partial charge < -0.3 is 9.47 Å². The summed E-state index contributed by atoms with van der Waals surface area (Å²) >= 11 is 0. The van der Waals surface area contributed by atoms with Gasteiger partial charge in [-0.2, -0.15) is 0 Å². The Labute approximate surface area is 127 Å². The first kappa shape index (κ1) is 18.2. The molecule has 0 saturated carbocycles. The molecule has 120 valence electrons. The second-order valence-corrected chi connectivity index (χ2v) is 14.3. The molecule has 0 aromatic carbocycles. The van der Waals surface area contributed by atoms with E-state index < -0.39 is 8.07 Å². The summed E-state index contributed by atoms with van der Waals surface area (Å²) in [5.41, 5.74) is 0.935. The van der Waals surface area contributed by atoms with Gasteiger partial charge in [0.15, 0.2) is 0 Å². The van der Waals surface area contributed by atoms with E-state index in [1.54, 1.807) is 0 Å². The average Bonchev–Trinajstić information content (AvgIpc) is 3.08. The molecule has 2 heterocycles. The molecule has 0 amide bonds. The maximum Gasteiger partial charge on any atom is 0.0858 e. The Kier molecular flexibility index (Phi) is 5.90. The van der Waals surface area contributed by atoms with E-state index in [1.165, 1.54) is 18.5 Å². The third kappa shape index (κ3) is 7.80. The first-order valence-corrected chi connectivity index (χ1v) is 11.6. The van der Waals surface area contributed by atoms with Gasteiger partial charge in [-0.1, -0.05) is 61.1 Å². The van der Waals surface area contributed by atoms with E-state index in [2.05, 4.69) is 54.6 Å². The minimum absolute atomic E-state index is 0.393. The summed E-state index contributed by atoms with van der Waals surface area (Å²) in [4.78, 5) is 0. The Morgan fingerprint density at radius 1 is 1.00 bits per heavy atom. The van der Waals surface area contributed by atoms with Gasteiger partial charge in [-0.25, -0.2) is 0 Å². The van der Waals surface area contributed by atoms with E-state index in [-0.39, 0.29) is 0 Å². The molecule has 2 atom stereocenters. The summed E-state index contributed by atoms with van der Waals surface area (Å²) in [5.74, 6) is 0. The predicted molar refractivity (Wildman–Crippen MR) is 90.1 cm³/mol. The van der Waals surface area contributed by atoms with E-state index >= 15 is 0 Å². The van der Waals surface area contributed by atoms with Crippen LogP contribution in [0.1, 0.15) is 48.0 Å². The number of ether oxygens (including phenoxy) is 2. The van der Waals surface area contributed by atoms with Crippen molar-refractivity contribution in [3.8, 4) is 0 Å². The minimum atomic E-state index is -1.07. The molecule has 0 aromatic heterocycles. The van der Waals surface area contributed by atoms with Crippen LogP contribution in [0.15, 0.2) is 0 Å². The first-order chi connectivity index (χ1) is 8.95. The summed E-state index contributed by atoms with van der Waals surface area (Å²) in [5, 5.41) is 0. The monoisotopic (exact) mass is 300 g/mol. The van der Waals surface area contributed by atoms with Crippen molar-refractivity contribution >= 4 is 8.07 Å². The molecule has 0 N–H and O–H groups in total. The lowest BCUT2D eigenvalue weighted by Crippen LogP contribution is -2.36. The van der Waals surface area contributed by atoms with Crippen LogP contribution in [-0.2, 0) is 9.47 Å². The van der Waals surface area contributed by atoms with Crippen molar-refractivity contribution in [3.05, 3.63) is 0 Å². The molecule has 2 rings (SSSR count). The van der Waals surface area contributed by atoms with Crippen LogP contribution in [-0.4, -0.2) is 33.5 Å². The predicted octanol–water partition coefficient (Wildman–Crippen LogP) is 4.96. The lowest BCUT2D eigenvalue weighted by molar-refractivity contribution is 0.263. The van der Waals surface area contributed by atoms with Crippen LogP contribution in [0.25, 0.3) is 0 Å². The number of epoxide rings is 2. The number of hydrogen-bond donors (Lipinski definition) is 0. The van der Waals surface area contributed by atoms with Crippen molar-refractivity contribution in [2.75, 3.05) is 13.2 Å². The molecular weight excluding hydrogens is 264 g/mol. The van der Waals surface area contributed by atoms with E-state index in [9.17, 15) is 0 Å². The average molecular weight is 301 g/mol. The van der Waals surface area contributed by atoms with E-state index in [4.69, 9.17) is 9.47 Å². The Bertz CT molecular complexity index is 297. The zero-order chi connectivity index (χ0) is 15.6. The molecule has 2 unspecified atom stereocenters. The van der Waals surface area contributed by atoms with Gasteiger partial charge in [0.05, 0.1) is 33.5 Å². The summed E-state index contributed by atoms with van der Waals surface area (Å²) in [6.07, 6.45) is 2.41. The fourth-order valence-electron chi connectivity index (χ4n) is 2.72. The topological polar surface area (TPSA) is 25.1 Å². The van der Waals surface area contributed by atoms with Crippen molar-refractivity contribution in [2.24, 2.45) is 10.8 Å². The van der Waals surface area contributed by atoms with Crippen molar-refractivity contribution in [2.45, 2.75) is 85.4 Å². The molecule has 2 aliphatic rings. The molecular formula is C17H36O2Si. The van der Waals surface area contributed by atoms with Crippen LogP contribution in [0.5, 0.6) is 0 Å². The lowest BCUT2D eigenvalue weighted by Gasteiger charge is -2.32. The summed E-state index contributed by atoms with van der Waals surface area (Å²) in [6, 6.07) is 2.70. The molecule has 3 heteroatoms. The van der Waals surface area contributed by atoms with E-state index in [0.29, 0.717) is 23.0 Å². The van der Waals surface area contributed by atoms with Crippen molar-refractivity contribution in [3.63, 3.8) is 0 Å². The van der Waals surface area contributed by atoms with E-state index in [0.717, 1.165) is 13.2 Å². The highest BCUT2D eigenvalue weighted by Gasteiger charge is 2.44.